The molecule has 4 rings (SSSR count). The summed E-state index contributed by atoms with van der Waals surface area (Å²) >= 11 is 0. The highest BCUT2D eigenvalue weighted by Crippen LogP contribution is 2.14. The molecule has 1 aliphatic heterocycles. The van der Waals surface area contributed by atoms with Gasteiger partial charge in [0.05, 0.1) is 26.1 Å². The Morgan fingerprint density at radius 3 is 1.72 bits per heavy atom. The summed E-state index contributed by atoms with van der Waals surface area (Å²) in [7, 11) is 0. The predicted octanol–water partition coefficient (Wildman–Crippen LogP) is 5.36. The van der Waals surface area contributed by atoms with E-state index in [1.165, 1.54) is 0 Å². The monoisotopic (exact) mass is 759 g/mol. The fourth-order valence-corrected chi connectivity index (χ4v) is 5.83. The topological polar surface area (TPSA) is 150 Å². The Morgan fingerprint density at radius 1 is 0.759 bits per heavy atom. The van der Waals surface area contributed by atoms with Gasteiger partial charge in [-0.1, -0.05) is 32.8 Å². The molecular formula is C39H49F4N5O6. The van der Waals surface area contributed by atoms with Crippen LogP contribution in [-0.4, -0.2) is 83.1 Å². The third-order valence-electron chi connectivity index (χ3n) is 8.61. The van der Waals surface area contributed by atoms with E-state index in [-0.39, 0.29) is 29.9 Å². The zero-order valence-electron chi connectivity index (χ0n) is 30.8. The highest BCUT2D eigenvalue weighted by molar-refractivity contribution is 5.96. The number of morpholine rings is 1. The zero-order valence-corrected chi connectivity index (χ0v) is 30.8. The molecule has 0 bridgehead atoms. The van der Waals surface area contributed by atoms with Crippen molar-refractivity contribution in [2.45, 2.75) is 90.3 Å². The molecule has 0 aliphatic carbocycles. The standard InChI is InChI=1S/C26H34F2N4O3.C13H15F2NO3/c1-3-4-23(30-25(33)15-20-13-21(27)16-22(28)14-20)26(34)31-24-8-7-19(17-29-24)6-5-18(2)32-9-11-35-12-10-32;1-2-3-11(13(18)19)16-12(17)6-8-4-9(14)7-10(15)5-8/h7-8,13-14,16-18,23H,3-6,9-12,15H2,1-2H3,(H,30,33)(H,29,31,34);4-5,7,11H,2-3,6H2,1H3,(H,16,17)(H,18,19). The van der Waals surface area contributed by atoms with Gasteiger partial charge < -0.3 is 25.8 Å². The Hall–Kier alpha value is -4.89. The number of halogens is 4. The molecule has 3 aromatic rings. The molecule has 3 atom stereocenters. The van der Waals surface area contributed by atoms with Gasteiger partial charge in [-0.15, -0.1) is 0 Å². The summed E-state index contributed by atoms with van der Waals surface area (Å²) in [6.07, 6.45) is 5.16. The number of pyridine rings is 1. The molecule has 0 saturated carbocycles. The molecule has 2 heterocycles. The van der Waals surface area contributed by atoms with E-state index in [0.717, 1.165) is 75.0 Å². The van der Waals surface area contributed by atoms with E-state index in [1.54, 1.807) is 19.2 Å². The fourth-order valence-electron chi connectivity index (χ4n) is 5.83. The first-order chi connectivity index (χ1) is 25.8. The van der Waals surface area contributed by atoms with Crippen LogP contribution in [0.3, 0.4) is 0 Å². The molecule has 2 aromatic carbocycles. The Balaban J connectivity index is 0.000000349. The minimum absolute atomic E-state index is 0.163. The van der Waals surface area contributed by atoms with Crippen LogP contribution in [0.4, 0.5) is 23.4 Å². The van der Waals surface area contributed by atoms with Crippen LogP contribution in [0.1, 0.15) is 69.6 Å². The molecule has 0 spiro atoms. The number of anilines is 1. The molecule has 1 aromatic heterocycles. The molecule has 54 heavy (non-hydrogen) atoms. The van der Waals surface area contributed by atoms with E-state index < -0.39 is 53.1 Å². The number of nitrogens with one attached hydrogen (secondary N) is 3. The third-order valence-corrected chi connectivity index (χ3v) is 8.61. The van der Waals surface area contributed by atoms with E-state index in [9.17, 15) is 36.7 Å². The number of amides is 3. The van der Waals surface area contributed by atoms with Crippen molar-refractivity contribution in [3.05, 3.63) is 94.7 Å². The Bertz CT molecular complexity index is 1650. The van der Waals surface area contributed by atoms with Crippen molar-refractivity contribution in [3.8, 4) is 0 Å². The largest absolute Gasteiger partial charge is 0.480 e. The number of aliphatic carboxylic acids is 1. The second-order valence-electron chi connectivity index (χ2n) is 13.1. The SMILES string of the molecule is CCCC(NC(=O)Cc1cc(F)cc(F)c1)C(=O)Nc1ccc(CCC(C)N2CCOCC2)cn1.CCCC(NC(=O)Cc1cc(F)cc(F)c1)C(=O)O. The van der Waals surface area contributed by atoms with E-state index in [2.05, 4.69) is 32.8 Å². The summed E-state index contributed by atoms with van der Waals surface area (Å²) in [4.78, 5) is 54.4. The Morgan fingerprint density at radius 2 is 1.26 bits per heavy atom. The van der Waals surface area contributed by atoms with Crippen molar-refractivity contribution < 1.29 is 46.6 Å². The lowest BCUT2D eigenvalue weighted by Crippen LogP contribution is -2.44. The van der Waals surface area contributed by atoms with Crippen LogP contribution in [0.2, 0.25) is 0 Å². The molecule has 1 fully saturated rings. The van der Waals surface area contributed by atoms with Gasteiger partial charge in [0.25, 0.3) is 0 Å². The molecular weight excluding hydrogens is 710 g/mol. The molecule has 294 valence electrons. The molecule has 11 nitrogen and oxygen atoms in total. The number of nitrogens with zero attached hydrogens (tertiary/aromatic N) is 2. The van der Waals surface area contributed by atoms with Crippen LogP contribution >= 0.6 is 0 Å². The van der Waals surface area contributed by atoms with Crippen LogP contribution in [0.5, 0.6) is 0 Å². The predicted molar refractivity (Wildman–Crippen MR) is 194 cm³/mol. The van der Waals surface area contributed by atoms with Crippen molar-refractivity contribution >= 4 is 29.5 Å². The highest BCUT2D eigenvalue weighted by Gasteiger charge is 2.22. The van der Waals surface area contributed by atoms with Gasteiger partial charge in [0, 0.05) is 37.5 Å². The van der Waals surface area contributed by atoms with Crippen molar-refractivity contribution in [1.29, 1.82) is 0 Å². The number of carbonyl (C=O) groups excluding carboxylic acids is 3. The maximum atomic E-state index is 13.4. The smallest absolute Gasteiger partial charge is 0.326 e. The molecule has 3 unspecified atom stereocenters. The molecule has 1 aliphatic rings. The molecule has 1 saturated heterocycles. The zero-order chi connectivity index (χ0) is 39.6. The average molecular weight is 760 g/mol. The normalized spacial score (nSPS) is 14.5. The Kier molecular flexibility index (Phi) is 18.0. The lowest BCUT2D eigenvalue weighted by Gasteiger charge is -2.32. The van der Waals surface area contributed by atoms with Crippen molar-refractivity contribution in [2.24, 2.45) is 0 Å². The van der Waals surface area contributed by atoms with Crippen LogP contribution < -0.4 is 16.0 Å². The summed E-state index contributed by atoms with van der Waals surface area (Å²) in [5, 5.41) is 16.6. The first-order valence-electron chi connectivity index (χ1n) is 18.0. The van der Waals surface area contributed by atoms with Crippen LogP contribution in [-0.2, 0) is 43.2 Å². The lowest BCUT2D eigenvalue weighted by molar-refractivity contribution is -0.142. The third kappa shape index (κ3) is 15.6. The number of hydrogen-bond acceptors (Lipinski definition) is 7. The molecule has 3 amide bonds. The number of aromatic nitrogens is 1. The number of rotatable bonds is 17. The number of ether oxygens (including phenoxy) is 1. The van der Waals surface area contributed by atoms with E-state index in [1.807, 2.05) is 13.0 Å². The summed E-state index contributed by atoms with van der Waals surface area (Å²) in [5.74, 6) is -5.21. The van der Waals surface area contributed by atoms with Gasteiger partial charge in [0.1, 0.15) is 41.2 Å². The first kappa shape index (κ1) is 43.5. The van der Waals surface area contributed by atoms with E-state index in [4.69, 9.17) is 9.84 Å². The van der Waals surface area contributed by atoms with E-state index >= 15 is 0 Å². The minimum Gasteiger partial charge on any atom is -0.480 e. The quantitative estimate of drug-likeness (QED) is 0.135. The van der Waals surface area contributed by atoms with Crippen molar-refractivity contribution in [3.63, 3.8) is 0 Å². The first-order valence-corrected chi connectivity index (χ1v) is 18.0. The average Bonchev–Trinajstić information content (AvgIpc) is 3.10. The maximum Gasteiger partial charge on any atom is 0.326 e. The molecule has 0 radical (unpaired) electrons. The number of hydrogen-bond donors (Lipinski definition) is 4. The summed E-state index contributed by atoms with van der Waals surface area (Å²) in [6.45, 7) is 9.40. The second kappa shape index (κ2) is 22.4. The van der Waals surface area contributed by atoms with E-state index in [0.29, 0.717) is 43.6 Å². The summed E-state index contributed by atoms with van der Waals surface area (Å²) in [6, 6.07) is 8.15. The van der Waals surface area contributed by atoms with Crippen LogP contribution in [0.25, 0.3) is 0 Å². The molecule has 15 heteroatoms. The lowest BCUT2D eigenvalue weighted by atomic mass is 10.1. The van der Waals surface area contributed by atoms with Gasteiger partial charge in [0.2, 0.25) is 17.7 Å². The van der Waals surface area contributed by atoms with Gasteiger partial charge in [-0.25, -0.2) is 27.3 Å². The maximum absolute atomic E-state index is 13.4. The van der Waals surface area contributed by atoms with Crippen LogP contribution in [0.15, 0.2) is 54.7 Å². The van der Waals surface area contributed by atoms with Crippen molar-refractivity contribution in [2.75, 3.05) is 31.6 Å². The van der Waals surface area contributed by atoms with Crippen LogP contribution in [0, 0.1) is 23.3 Å². The van der Waals surface area contributed by atoms with Gasteiger partial charge in [-0.2, -0.15) is 0 Å². The van der Waals surface area contributed by atoms with Gasteiger partial charge in [-0.05, 0) is 79.6 Å². The van der Waals surface area contributed by atoms with Crippen molar-refractivity contribution in [1.82, 2.24) is 20.5 Å². The number of carboxylic acid groups (broad SMARTS) is 1. The number of aryl methyl sites for hydroxylation is 1. The van der Waals surface area contributed by atoms with Gasteiger partial charge in [-0.3, -0.25) is 19.3 Å². The minimum atomic E-state index is -1.12. The number of carbonyl (C=O) groups is 4. The molecule has 4 N–H and O–H groups in total. The number of carboxylic acids is 1. The Labute approximate surface area is 312 Å². The summed E-state index contributed by atoms with van der Waals surface area (Å²) in [5.41, 5.74) is 1.45. The van der Waals surface area contributed by atoms with Gasteiger partial charge in [0.15, 0.2) is 0 Å². The highest BCUT2D eigenvalue weighted by atomic mass is 19.1. The fraction of sp³-hybridized carbons (Fsp3) is 0.462. The summed E-state index contributed by atoms with van der Waals surface area (Å²) < 4.78 is 58.0. The van der Waals surface area contributed by atoms with Gasteiger partial charge >= 0.3 is 5.97 Å². The number of benzene rings is 2. The second-order valence-corrected chi connectivity index (χ2v) is 13.1.